The van der Waals surface area contributed by atoms with Crippen LogP contribution in [-0.4, -0.2) is 41.3 Å². The number of amides is 3. The molecule has 2 aromatic carbocycles. The standard InChI is InChI=1S/C24H27FN4O2/c1-23(2,3)17-6-4-16(5-7-17)20-21(30)28-24(27-20)12-14-29(15-13-24)22(31)26-19-10-8-18(25)9-11-19/h4-11H,12-15H2,1-3H3,(H,26,31)(H,28,30). The van der Waals surface area contributed by atoms with Crippen LogP contribution in [0.2, 0.25) is 0 Å². The highest BCUT2D eigenvalue weighted by atomic mass is 19.1. The SMILES string of the molecule is CC(C)(C)c1ccc(C2=NC3(CCN(C(=O)Nc4ccc(F)cc4)CC3)NC2=O)cc1. The predicted octanol–water partition coefficient (Wildman–Crippen LogP) is 4.07. The second-order valence-electron chi connectivity index (χ2n) is 9.20. The van der Waals surface area contributed by atoms with E-state index in [4.69, 9.17) is 4.99 Å². The first-order valence-corrected chi connectivity index (χ1v) is 10.5. The summed E-state index contributed by atoms with van der Waals surface area (Å²) in [6.45, 7) is 7.38. The van der Waals surface area contributed by atoms with E-state index < -0.39 is 5.66 Å². The first-order chi connectivity index (χ1) is 14.7. The van der Waals surface area contributed by atoms with Crippen LogP contribution in [0.25, 0.3) is 0 Å². The van der Waals surface area contributed by atoms with E-state index >= 15 is 0 Å². The summed E-state index contributed by atoms with van der Waals surface area (Å²) < 4.78 is 13.0. The summed E-state index contributed by atoms with van der Waals surface area (Å²) in [5.41, 5.74) is 2.37. The van der Waals surface area contributed by atoms with Gasteiger partial charge in [0.05, 0.1) is 0 Å². The van der Waals surface area contributed by atoms with Crippen LogP contribution in [0.1, 0.15) is 44.7 Å². The van der Waals surface area contributed by atoms with Crippen LogP contribution in [-0.2, 0) is 10.2 Å². The fraction of sp³-hybridized carbons (Fsp3) is 0.375. The summed E-state index contributed by atoms with van der Waals surface area (Å²) >= 11 is 0. The lowest BCUT2D eigenvalue weighted by Gasteiger charge is -2.37. The maximum atomic E-state index is 13.0. The normalized spacial score (nSPS) is 18.0. The summed E-state index contributed by atoms with van der Waals surface area (Å²) in [7, 11) is 0. The Kier molecular flexibility index (Phi) is 5.29. The van der Waals surface area contributed by atoms with Gasteiger partial charge in [-0.05, 0) is 35.2 Å². The number of hydrogen-bond acceptors (Lipinski definition) is 3. The molecule has 2 aliphatic rings. The molecule has 31 heavy (non-hydrogen) atoms. The number of nitrogens with one attached hydrogen (secondary N) is 2. The molecule has 0 atom stereocenters. The number of carbonyl (C=O) groups excluding carboxylic acids is 2. The van der Waals surface area contributed by atoms with Crippen molar-refractivity contribution in [2.24, 2.45) is 4.99 Å². The van der Waals surface area contributed by atoms with Crippen molar-refractivity contribution in [2.75, 3.05) is 18.4 Å². The van der Waals surface area contributed by atoms with E-state index in [1.807, 2.05) is 24.3 Å². The van der Waals surface area contributed by atoms with Crippen LogP contribution in [0.15, 0.2) is 53.5 Å². The first kappa shape index (κ1) is 21.0. The quantitative estimate of drug-likeness (QED) is 0.766. The molecular weight excluding hydrogens is 395 g/mol. The maximum absolute atomic E-state index is 13.0. The van der Waals surface area contributed by atoms with Crippen molar-refractivity contribution >= 4 is 23.3 Å². The molecule has 3 amide bonds. The summed E-state index contributed by atoms with van der Waals surface area (Å²) in [6, 6.07) is 13.4. The predicted molar refractivity (Wildman–Crippen MR) is 119 cm³/mol. The molecule has 4 rings (SSSR count). The zero-order chi connectivity index (χ0) is 22.2. The lowest BCUT2D eigenvalue weighted by Crippen LogP contribution is -2.53. The van der Waals surface area contributed by atoms with E-state index in [-0.39, 0.29) is 23.2 Å². The zero-order valence-electron chi connectivity index (χ0n) is 18.0. The minimum atomic E-state index is -0.665. The first-order valence-electron chi connectivity index (χ1n) is 10.5. The molecule has 1 saturated heterocycles. The minimum Gasteiger partial charge on any atom is -0.326 e. The number of benzene rings is 2. The number of halogens is 1. The largest absolute Gasteiger partial charge is 0.326 e. The Morgan fingerprint density at radius 1 is 1.06 bits per heavy atom. The number of piperidine rings is 1. The number of anilines is 1. The van der Waals surface area contributed by atoms with Crippen molar-refractivity contribution < 1.29 is 14.0 Å². The highest BCUT2D eigenvalue weighted by Gasteiger charge is 2.42. The summed E-state index contributed by atoms with van der Waals surface area (Å²) in [4.78, 5) is 31.6. The molecule has 0 unspecified atom stereocenters. The highest BCUT2D eigenvalue weighted by Crippen LogP contribution is 2.30. The fourth-order valence-electron chi connectivity index (χ4n) is 3.94. The van der Waals surface area contributed by atoms with Gasteiger partial charge in [0.25, 0.3) is 5.91 Å². The Morgan fingerprint density at radius 3 is 2.26 bits per heavy atom. The van der Waals surface area contributed by atoms with Gasteiger partial charge in [0.1, 0.15) is 17.2 Å². The van der Waals surface area contributed by atoms with E-state index in [0.717, 1.165) is 5.56 Å². The Hall–Kier alpha value is -3.22. The average Bonchev–Trinajstić information content (AvgIpc) is 3.05. The zero-order valence-corrected chi connectivity index (χ0v) is 18.0. The molecule has 2 N–H and O–H groups in total. The van der Waals surface area contributed by atoms with Gasteiger partial charge in [-0.25, -0.2) is 9.18 Å². The molecule has 162 valence electrons. The van der Waals surface area contributed by atoms with Crippen molar-refractivity contribution in [3.05, 3.63) is 65.5 Å². The summed E-state index contributed by atoms with van der Waals surface area (Å²) in [5, 5.41) is 5.81. The summed E-state index contributed by atoms with van der Waals surface area (Å²) in [5.74, 6) is -0.524. The van der Waals surface area contributed by atoms with Gasteiger partial charge in [0, 0.05) is 37.2 Å². The van der Waals surface area contributed by atoms with Crippen LogP contribution in [0.4, 0.5) is 14.9 Å². The number of carbonyl (C=O) groups is 2. The fourth-order valence-corrected chi connectivity index (χ4v) is 3.94. The van der Waals surface area contributed by atoms with E-state index in [1.54, 1.807) is 4.90 Å². The molecule has 6 nitrogen and oxygen atoms in total. The van der Waals surface area contributed by atoms with Crippen LogP contribution >= 0.6 is 0 Å². The monoisotopic (exact) mass is 422 g/mol. The van der Waals surface area contributed by atoms with Crippen molar-refractivity contribution in [1.29, 1.82) is 0 Å². The molecule has 2 heterocycles. The molecule has 7 heteroatoms. The van der Waals surface area contributed by atoms with E-state index in [0.29, 0.717) is 37.3 Å². The third-order valence-corrected chi connectivity index (χ3v) is 5.88. The topological polar surface area (TPSA) is 73.8 Å². The van der Waals surface area contributed by atoms with Crippen molar-refractivity contribution in [2.45, 2.75) is 44.7 Å². The Bertz CT molecular complexity index is 1020. The van der Waals surface area contributed by atoms with Crippen LogP contribution < -0.4 is 10.6 Å². The van der Waals surface area contributed by atoms with Gasteiger partial charge in [-0.1, -0.05) is 45.0 Å². The third-order valence-electron chi connectivity index (χ3n) is 5.88. The molecule has 0 aromatic heterocycles. The van der Waals surface area contributed by atoms with Crippen LogP contribution in [0.3, 0.4) is 0 Å². The van der Waals surface area contributed by atoms with Gasteiger partial charge >= 0.3 is 6.03 Å². The Labute approximate surface area is 181 Å². The highest BCUT2D eigenvalue weighted by molar-refractivity contribution is 6.46. The lowest BCUT2D eigenvalue weighted by molar-refractivity contribution is -0.115. The van der Waals surface area contributed by atoms with Crippen LogP contribution in [0.5, 0.6) is 0 Å². The number of rotatable bonds is 2. The molecule has 1 fully saturated rings. The number of nitrogens with zero attached hydrogens (tertiary/aromatic N) is 2. The van der Waals surface area contributed by atoms with E-state index in [2.05, 4.69) is 31.4 Å². The van der Waals surface area contributed by atoms with Gasteiger partial charge in [-0.3, -0.25) is 9.79 Å². The van der Waals surface area contributed by atoms with Crippen LogP contribution in [0, 0.1) is 5.82 Å². The second kappa shape index (κ2) is 7.80. The van der Waals surface area contributed by atoms with Gasteiger partial charge in [0.15, 0.2) is 0 Å². The van der Waals surface area contributed by atoms with Gasteiger partial charge in [-0.15, -0.1) is 0 Å². The summed E-state index contributed by atoms with van der Waals surface area (Å²) in [6.07, 6.45) is 1.08. The molecule has 0 radical (unpaired) electrons. The van der Waals surface area contributed by atoms with Gasteiger partial charge in [0.2, 0.25) is 0 Å². The molecule has 0 aliphatic carbocycles. The molecular formula is C24H27FN4O2. The number of likely N-dealkylation sites (tertiary alicyclic amines) is 1. The maximum Gasteiger partial charge on any atom is 0.321 e. The van der Waals surface area contributed by atoms with Crippen molar-refractivity contribution in [3.63, 3.8) is 0 Å². The molecule has 2 aromatic rings. The van der Waals surface area contributed by atoms with Crippen molar-refractivity contribution in [1.82, 2.24) is 10.2 Å². The molecule has 0 saturated carbocycles. The molecule has 0 bridgehead atoms. The average molecular weight is 423 g/mol. The number of hydrogen-bond donors (Lipinski definition) is 2. The van der Waals surface area contributed by atoms with E-state index in [9.17, 15) is 14.0 Å². The van der Waals surface area contributed by atoms with Gasteiger partial charge < -0.3 is 15.5 Å². The minimum absolute atomic E-state index is 0.0425. The third kappa shape index (κ3) is 4.45. The molecule has 2 aliphatic heterocycles. The van der Waals surface area contributed by atoms with Crippen molar-refractivity contribution in [3.8, 4) is 0 Å². The van der Waals surface area contributed by atoms with Gasteiger partial charge in [-0.2, -0.15) is 0 Å². The Balaban J connectivity index is 1.42. The second-order valence-corrected chi connectivity index (χ2v) is 9.20. The number of urea groups is 1. The molecule has 1 spiro atoms. The smallest absolute Gasteiger partial charge is 0.321 e. The lowest BCUT2D eigenvalue weighted by atomic mass is 9.86. The van der Waals surface area contributed by atoms with E-state index in [1.165, 1.54) is 29.8 Å². The Morgan fingerprint density at radius 2 is 1.68 bits per heavy atom. The number of aliphatic imine (C=N–C) groups is 1.